The summed E-state index contributed by atoms with van der Waals surface area (Å²) in [5, 5.41) is -0.512. The monoisotopic (exact) mass is 218 g/mol. The molecule has 0 saturated carbocycles. The Bertz CT molecular complexity index is 485. The van der Waals surface area contributed by atoms with Gasteiger partial charge in [-0.25, -0.2) is 0 Å². The van der Waals surface area contributed by atoms with E-state index in [9.17, 15) is 4.79 Å². The number of pyridine rings is 2. The Hall–Kier alpha value is -1.74. The maximum Gasteiger partial charge on any atom is 0.254 e. The first-order valence-corrected chi connectivity index (χ1v) is 4.71. The Balaban J connectivity index is 2.58. The predicted molar refractivity (Wildman–Crippen MR) is 57.7 cm³/mol. The van der Waals surface area contributed by atoms with Crippen molar-refractivity contribution in [3.8, 4) is 11.1 Å². The maximum absolute atomic E-state index is 11.1. The molecule has 0 aliphatic carbocycles. The highest BCUT2D eigenvalue weighted by molar-refractivity contribution is 6.68. The molecule has 0 N–H and O–H groups in total. The number of nitrogens with zero attached hydrogens (tertiary/aromatic N) is 2. The van der Waals surface area contributed by atoms with Crippen molar-refractivity contribution in [1.29, 1.82) is 0 Å². The molecule has 4 heteroatoms. The summed E-state index contributed by atoms with van der Waals surface area (Å²) in [6.07, 6.45) is 6.43. The van der Waals surface area contributed by atoms with Crippen LogP contribution in [0.2, 0.25) is 0 Å². The average molecular weight is 219 g/mol. The third-order valence-electron chi connectivity index (χ3n) is 2.01. The van der Waals surface area contributed by atoms with Crippen LogP contribution < -0.4 is 0 Å². The number of hydrogen-bond donors (Lipinski definition) is 0. The minimum absolute atomic E-state index is 0.396. The summed E-state index contributed by atoms with van der Waals surface area (Å²) in [4.78, 5) is 19.0. The van der Waals surface area contributed by atoms with Gasteiger partial charge in [-0.05, 0) is 29.3 Å². The zero-order valence-corrected chi connectivity index (χ0v) is 8.48. The Labute approximate surface area is 91.8 Å². The van der Waals surface area contributed by atoms with E-state index in [2.05, 4.69) is 9.97 Å². The van der Waals surface area contributed by atoms with E-state index in [0.29, 0.717) is 5.56 Å². The summed E-state index contributed by atoms with van der Waals surface area (Å²) < 4.78 is 0. The highest BCUT2D eigenvalue weighted by Gasteiger charge is 2.10. The van der Waals surface area contributed by atoms with Gasteiger partial charge in [-0.1, -0.05) is 6.07 Å². The number of hydrogen-bond acceptors (Lipinski definition) is 3. The molecule has 0 spiro atoms. The molecule has 3 nitrogen and oxygen atoms in total. The molecule has 0 saturated heterocycles. The molecular formula is C11H7ClN2O. The van der Waals surface area contributed by atoms with E-state index in [-0.39, 0.29) is 0 Å². The standard InChI is InChI=1S/C11H7ClN2O/c12-11(15)10-7-14-5-3-9(10)8-2-1-4-13-6-8/h1-7H. The molecule has 2 aromatic rings. The quantitative estimate of drug-likeness (QED) is 0.728. The van der Waals surface area contributed by atoms with Crippen LogP contribution >= 0.6 is 11.6 Å². The van der Waals surface area contributed by atoms with E-state index in [1.807, 2.05) is 6.07 Å². The van der Waals surface area contributed by atoms with Gasteiger partial charge in [-0.15, -0.1) is 0 Å². The van der Waals surface area contributed by atoms with E-state index < -0.39 is 5.24 Å². The topological polar surface area (TPSA) is 42.9 Å². The van der Waals surface area contributed by atoms with Crippen LogP contribution in [0.5, 0.6) is 0 Å². The zero-order valence-electron chi connectivity index (χ0n) is 7.72. The Morgan fingerprint density at radius 3 is 2.60 bits per heavy atom. The summed E-state index contributed by atoms with van der Waals surface area (Å²) in [5.41, 5.74) is 1.99. The van der Waals surface area contributed by atoms with Crippen LogP contribution in [0.4, 0.5) is 0 Å². The lowest BCUT2D eigenvalue weighted by atomic mass is 10.0. The van der Waals surface area contributed by atoms with E-state index in [4.69, 9.17) is 11.6 Å². The van der Waals surface area contributed by atoms with Crippen molar-refractivity contribution in [2.45, 2.75) is 0 Å². The molecule has 2 heterocycles. The molecule has 0 amide bonds. The number of aromatic nitrogens is 2. The summed E-state index contributed by atoms with van der Waals surface area (Å²) >= 11 is 5.46. The molecule has 0 aromatic carbocycles. The van der Waals surface area contributed by atoms with Crippen molar-refractivity contribution >= 4 is 16.8 Å². The van der Waals surface area contributed by atoms with Crippen molar-refractivity contribution in [2.75, 3.05) is 0 Å². The van der Waals surface area contributed by atoms with Crippen LogP contribution in [0, 0.1) is 0 Å². The minimum atomic E-state index is -0.512. The largest absolute Gasteiger partial charge is 0.276 e. The van der Waals surface area contributed by atoms with Gasteiger partial charge in [-0.3, -0.25) is 14.8 Å². The zero-order chi connectivity index (χ0) is 10.7. The lowest BCUT2D eigenvalue weighted by Crippen LogP contribution is -1.94. The molecule has 2 rings (SSSR count). The molecule has 15 heavy (non-hydrogen) atoms. The molecule has 74 valence electrons. The summed E-state index contributed by atoms with van der Waals surface area (Å²) in [5.74, 6) is 0. The van der Waals surface area contributed by atoms with Crippen LogP contribution in [-0.2, 0) is 0 Å². The minimum Gasteiger partial charge on any atom is -0.276 e. The van der Waals surface area contributed by atoms with E-state index in [1.54, 1.807) is 30.7 Å². The highest BCUT2D eigenvalue weighted by Crippen LogP contribution is 2.22. The summed E-state index contributed by atoms with van der Waals surface area (Å²) in [6, 6.07) is 5.41. The lowest BCUT2D eigenvalue weighted by Gasteiger charge is -2.03. The fourth-order valence-corrected chi connectivity index (χ4v) is 1.48. The van der Waals surface area contributed by atoms with Crippen molar-refractivity contribution in [2.24, 2.45) is 0 Å². The Kier molecular flexibility index (Phi) is 2.74. The summed E-state index contributed by atoms with van der Waals surface area (Å²) in [7, 11) is 0. The van der Waals surface area contributed by atoms with Gasteiger partial charge in [0, 0.05) is 30.4 Å². The molecule has 2 aromatic heterocycles. The molecule has 0 unspecified atom stereocenters. The number of carbonyl (C=O) groups is 1. The molecule has 0 aliphatic rings. The first-order chi connectivity index (χ1) is 7.29. The van der Waals surface area contributed by atoms with Crippen LogP contribution in [0.3, 0.4) is 0 Å². The van der Waals surface area contributed by atoms with Crippen LogP contribution in [-0.4, -0.2) is 15.2 Å². The number of rotatable bonds is 2. The molecule has 0 atom stereocenters. The van der Waals surface area contributed by atoms with Crippen molar-refractivity contribution < 1.29 is 4.79 Å². The molecule has 0 radical (unpaired) electrons. The summed E-state index contributed by atoms with van der Waals surface area (Å²) in [6.45, 7) is 0. The van der Waals surface area contributed by atoms with Gasteiger partial charge in [-0.2, -0.15) is 0 Å². The van der Waals surface area contributed by atoms with Gasteiger partial charge in [0.25, 0.3) is 5.24 Å². The van der Waals surface area contributed by atoms with Gasteiger partial charge in [0.2, 0.25) is 0 Å². The third-order valence-corrected chi connectivity index (χ3v) is 2.21. The molecule has 0 bridgehead atoms. The smallest absolute Gasteiger partial charge is 0.254 e. The fraction of sp³-hybridized carbons (Fsp3) is 0. The normalized spacial score (nSPS) is 9.93. The predicted octanol–water partition coefficient (Wildman–Crippen LogP) is 2.52. The third kappa shape index (κ3) is 2.02. The average Bonchev–Trinajstić information content (AvgIpc) is 2.30. The highest BCUT2D eigenvalue weighted by atomic mass is 35.5. The first kappa shape index (κ1) is 9.80. The van der Waals surface area contributed by atoms with E-state index >= 15 is 0 Å². The van der Waals surface area contributed by atoms with Crippen LogP contribution in [0.25, 0.3) is 11.1 Å². The second-order valence-electron chi connectivity index (χ2n) is 2.94. The van der Waals surface area contributed by atoms with Gasteiger partial charge < -0.3 is 0 Å². The molecule has 0 aliphatic heterocycles. The maximum atomic E-state index is 11.1. The second-order valence-corrected chi connectivity index (χ2v) is 3.28. The van der Waals surface area contributed by atoms with Gasteiger partial charge >= 0.3 is 0 Å². The number of halogens is 1. The van der Waals surface area contributed by atoms with Crippen molar-refractivity contribution in [3.63, 3.8) is 0 Å². The van der Waals surface area contributed by atoms with Crippen LogP contribution in [0.1, 0.15) is 10.4 Å². The van der Waals surface area contributed by atoms with E-state index in [1.165, 1.54) is 6.20 Å². The van der Waals surface area contributed by atoms with Crippen molar-refractivity contribution in [3.05, 3.63) is 48.5 Å². The van der Waals surface area contributed by atoms with Gasteiger partial charge in [0.1, 0.15) is 0 Å². The molecule has 0 fully saturated rings. The van der Waals surface area contributed by atoms with Crippen LogP contribution in [0.15, 0.2) is 43.0 Å². The van der Waals surface area contributed by atoms with Crippen molar-refractivity contribution in [1.82, 2.24) is 9.97 Å². The SMILES string of the molecule is O=C(Cl)c1cnccc1-c1cccnc1. The fourth-order valence-electron chi connectivity index (χ4n) is 1.32. The lowest BCUT2D eigenvalue weighted by molar-refractivity contribution is 0.108. The molecular weight excluding hydrogens is 212 g/mol. The Morgan fingerprint density at radius 1 is 1.13 bits per heavy atom. The first-order valence-electron chi connectivity index (χ1n) is 4.33. The van der Waals surface area contributed by atoms with Gasteiger partial charge in [0.05, 0.1) is 5.56 Å². The number of carbonyl (C=O) groups excluding carboxylic acids is 1. The second kappa shape index (κ2) is 4.19. The van der Waals surface area contributed by atoms with E-state index in [0.717, 1.165) is 11.1 Å². The Morgan fingerprint density at radius 2 is 1.93 bits per heavy atom. The van der Waals surface area contributed by atoms with Gasteiger partial charge in [0.15, 0.2) is 0 Å².